The van der Waals surface area contributed by atoms with Crippen LogP contribution in [0.2, 0.25) is 0 Å². The van der Waals surface area contributed by atoms with Gasteiger partial charge in [0.25, 0.3) is 0 Å². The van der Waals surface area contributed by atoms with Crippen LogP contribution in [0.4, 0.5) is 11.5 Å². The molecule has 0 aromatic carbocycles. The molecule has 1 saturated carbocycles. The van der Waals surface area contributed by atoms with Gasteiger partial charge in [-0.05, 0) is 25.3 Å². The van der Waals surface area contributed by atoms with Crippen LogP contribution in [0.1, 0.15) is 19.3 Å². The molecule has 1 aliphatic heterocycles. The largest absolute Gasteiger partial charge is 0.360 e. The van der Waals surface area contributed by atoms with Crippen molar-refractivity contribution >= 4 is 11.5 Å². The molecule has 18 heavy (non-hydrogen) atoms. The quantitative estimate of drug-likeness (QED) is 0.648. The summed E-state index contributed by atoms with van der Waals surface area (Å²) < 4.78 is 0. The van der Waals surface area contributed by atoms with Gasteiger partial charge in [0.2, 0.25) is 5.82 Å². The summed E-state index contributed by atoms with van der Waals surface area (Å²) in [6, 6.07) is 4.12. The van der Waals surface area contributed by atoms with Gasteiger partial charge in [0, 0.05) is 37.4 Å². The fourth-order valence-electron chi connectivity index (χ4n) is 2.53. The lowest BCUT2D eigenvalue weighted by Gasteiger charge is -2.15. The van der Waals surface area contributed by atoms with Gasteiger partial charge in [-0.25, -0.2) is 4.98 Å². The second kappa shape index (κ2) is 4.53. The fraction of sp³-hybridized carbons (Fsp3) is 0.583. The third kappa shape index (κ3) is 2.28. The summed E-state index contributed by atoms with van der Waals surface area (Å²) in [4.78, 5) is 17.0. The van der Waals surface area contributed by atoms with Crippen LogP contribution >= 0.6 is 0 Å². The predicted molar refractivity (Wildman–Crippen MR) is 67.5 cm³/mol. The van der Waals surface area contributed by atoms with E-state index in [1.807, 2.05) is 0 Å². The van der Waals surface area contributed by atoms with Crippen molar-refractivity contribution in [3.8, 4) is 0 Å². The molecule has 1 N–H and O–H groups in total. The average Bonchev–Trinajstić information content (AvgIpc) is 3.11. The number of aromatic nitrogens is 1. The molecular weight excluding hydrogens is 232 g/mol. The highest BCUT2D eigenvalue weighted by Gasteiger charge is 2.34. The second-order valence-electron chi connectivity index (χ2n) is 4.98. The van der Waals surface area contributed by atoms with Crippen molar-refractivity contribution in [1.82, 2.24) is 9.88 Å². The molecule has 6 heteroatoms. The lowest BCUT2D eigenvalue weighted by molar-refractivity contribution is -0.384. The molecule has 2 fully saturated rings. The number of hydrogen-bond acceptors (Lipinski definition) is 5. The highest BCUT2D eigenvalue weighted by molar-refractivity contribution is 5.55. The molecule has 3 rings (SSSR count). The van der Waals surface area contributed by atoms with E-state index in [-0.39, 0.29) is 16.7 Å². The normalized spacial score (nSPS) is 24.1. The Kier molecular flexibility index (Phi) is 2.87. The first-order valence-corrected chi connectivity index (χ1v) is 6.34. The molecule has 1 saturated heterocycles. The van der Waals surface area contributed by atoms with Gasteiger partial charge in [-0.15, -0.1) is 0 Å². The molecule has 0 amide bonds. The zero-order valence-corrected chi connectivity index (χ0v) is 10.1. The number of anilines is 1. The first-order valence-electron chi connectivity index (χ1n) is 6.34. The molecular formula is C12H16N4O2. The minimum Gasteiger partial charge on any atom is -0.360 e. The third-order valence-corrected chi connectivity index (χ3v) is 3.61. The Labute approximate surface area is 105 Å². The van der Waals surface area contributed by atoms with Crippen LogP contribution in [0, 0.1) is 10.1 Å². The SMILES string of the molecule is O=[N+]([O-])c1cccnc1NC1CCN(C2CC2)C1. The van der Waals surface area contributed by atoms with E-state index in [0.29, 0.717) is 5.82 Å². The number of hydrogen-bond donors (Lipinski definition) is 1. The molecule has 1 atom stereocenters. The first kappa shape index (κ1) is 11.4. The molecule has 0 radical (unpaired) electrons. The Morgan fingerprint density at radius 3 is 3.00 bits per heavy atom. The smallest absolute Gasteiger partial charge is 0.311 e. The summed E-state index contributed by atoms with van der Waals surface area (Å²) in [5.74, 6) is 0.394. The molecule has 1 unspecified atom stereocenters. The summed E-state index contributed by atoms with van der Waals surface area (Å²) in [6.07, 6.45) is 5.22. The Morgan fingerprint density at radius 2 is 2.28 bits per heavy atom. The number of pyridine rings is 1. The van der Waals surface area contributed by atoms with E-state index < -0.39 is 0 Å². The van der Waals surface area contributed by atoms with E-state index in [1.54, 1.807) is 12.3 Å². The molecule has 1 aromatic heterocycles. The van der Waals surface area contributed by atoms with E-state index in [1.165, 1.54) is 18.9 Å². The summed E-state index contributed by atoms with van der Waals surface area (Å²) in [6.45, 7) is 2.06. The van der Waals surface area contributed by atoms with Crippen molar-refractivity contribution < 1.29 is 4.92 Å². The van der Waals surface area contributed by atoms with Gasteiger partial charge in [-0.1, -0.05) is 0 Å². The molecule has 2 heterocycles. The Balaban J connectivity index is 1.67. The van der Waals surface area contributed by atoms with Crippen molar-refractivity contribution in [2.45, 2.75) is 31.3 Å². The maximum absolute atomic E-state index is 10.9. The fourth-order valence-corrected chi connectivity index (χ4v) is 2.53. The van der Waals surface area contributed by atoms with E-state index in [0.717, 1.165) is 25.6 Å². The molecule has 0 bridgehead atoms. The molecule has 1 aromatic rings. The Hall–Kier alpha value is -1.69. The molecule has 96 valence electrons. The molecule has 0 spiro atoms. The minimum atomic E-state index is -0.386. The third-order valence-electron chi connectivity index (χ3n) is 3.61. The lowest BCUT2D eigenvalue weighted by atomic mass is 10.2. The standard InChI is InChI=1S/C12H16N4O2/c17-16(18)11-2-1-6-13-12(11)14-9-5-7-15(8-9)10-3-4-10/h1-2,6,9-10H,3-5,7-8H2,(H,13,14). The maximum atomic E-state index is 10.9. The summed E-state index contributed by atoms with van der Waals surface area (Å²) >= 11 is 0. The average molecular weight is 248 g/mol. The highest BCUT2D eigenvalue weighted by Crippen LogP contribution is 2.31. The molecule has 6 nitrogen and oxygen atoms in total. The number of likely N-dealkylation sites (tertiary alicyclic amines) is 1. The van der Waals surface area contributed by atoms with Crippen LogP contribution in [-0.2, 0) is 0 Å². The van der Waals surface area contributed by atoms with E-state index in [4.69, 9.17) is 0 Å². The van der Waals surface area contributed by atoms with Gasteiger partial charge in [0.15, 0.2) is 0 Å². The first-order chi connectivity index (χ1) is 8.74. The van der Waals surface area contributed by atoms with Crippen molar-refractivity contribution in [2.24, 2.45) is 0 Å². The van der Waals surface area contributed by atoms with Gasteiger partial charge in [0.1, 0.15) is 0 Å². The van der Waals surface area contributed by atoms with Crippen LogP contribution in [0.25, 0.3) is 0 Å². The Bertz CT molecular complexity index is 461. The van der Waals surface area contributed by atoms with Crippen LogP contribution < -0.4 is 5.32 Å². The number of nitrogens with one attached hydrogen (secondary N) is 1. The van der Waals surface area contributed by atoms with E-state index in [2.05, 4.69) is 15.2 Å². The summed E-state index contributed by atoms with van der Waals surface area (Å²) in [5, 5.41) is 14.1. The number of nitro groups is 1. The maximum Gasteiger partial charge on any atom is 0.311 e. The molecule has 2 aliphatic rings. The topological polar surface area (TPSA) is 71.3 Å². The van der Waals surface area contributed by atoms with Gasteiger partial charge < -0.3 is 5.32 Å². The van der Waals surface area contributed by atoms with Crippen LogP contribution in [0.3, 0.4) is 0 Å². The van der Waals surface area contributed by atoms with Gasteiger partial charge in [0.05, 0.1) is 4.92 Å². The zero-order chi connectivity index (χ0) is 12.5. The summed E-state index contributed by atoms with van der Waals surface area (Å²) in [7, 11) is 0. The van der Waals surface area contributed by atoms with Crippen molar-refractivity contribution in [1.29, 1.82) is 0 Å². The zero-order valence-electron chi connectivity index (χ0n) is 10.1. The van der Waals surface area contributed by atoms with Gasteiger partial charge >= 0.3 is 5.69 Å². The van der Waals surface area contributed by atoms with Gasteiger partial charge in [-0.2, -0.15) is 0 Å². The highest BCUT2D eigenvalue weighted by atomic mass is 16.6. The van der Waals surface area contributed by atoms with Crippen LogP contribution in [0.15, 0.2) is 18.3 Å². The van der Waals surface area contributed by atoms with Crippen molar-refractivity contribution in [3.63, 3.8) is 0 Å². The second-order valence-corrected chi connectivity index (χ2v) is 4.98. The van der Waals surface area contributed by atoms with Crippen molar-refractivity contribution in [2.75, 3.05) is 18.4 Å². The van der Waals surface area contributed by atoms with E-state index in [9.17, 15) is 10.1 Å². The minimum absolute atomic E-state index is 0.0578. The number of rotatable bonds is 4. The Morgan fingerprint density at radius 1 is 1.44 bits per heavy atom. The summed E-state index contributed by atoms with van der Waals surface area (Å²) in [5.41, 5.74) is 0.0578. The van der Waals surface area contributed by atoms with E-state index >= 15 is 0 Å². The lowest BCUT2D eigenvalue weighted by Crippen LogP contribution is -2.28. The monoisotopic (exact) mass is 248 g/mol. The number of nitrogens with zero attached hydrogens (tertiary/aromatic N) is 3. The van der Waals surface area contributed by atoms with Crippen LogP contribution in [-0.4, -0.2) is 40.0 Å². The molecule has 1 aliphatic carbocycles. The van der Waals surface area contributed by atoms with Crippen molar-refractivity contribution in [3.05, 3.63) is 28.4 Å². The van der Waals surface area contributed by atoms with Crippen LogP contribution in [0.5, 0.6) is 0 Å². The van der Waals surface area contributed by atoms with Gasteiger partial charge in [-0.3, -0.25) is 15.0 Å². The predicted octanol–water partition coefficient (Wildman–Crippen LogP) is 1.64.